The molecule has 0 saturated carbocycles. The Labute approximate surface area is 174 Å². The molecular formula is C19H21Cl2NO5S. The minimum atomic E-state index is -3.17. The van der Waals surface area contributed by atoms with E-state index in [0.717, 1.165) is 0 Å². The molecule has 6 nitrogen and oxygen atoms in total. The van der Waals surface area contributed by atoms with Crippen LogP contribution in [-0.2, 0) is 16.4 Å². The molecule has 9 heteroatoms. The van der Waals surface area contributed by atoms with E-state index in [0.29, 0.717) is 30.3 Å². The smallest absolute Gasteiger partial charge is 0.254 e. The summed E-state index contributed by atoms with van der Waals surface area (Å²) < 4.78 is 34.9. The quantitative estimate of drug-likeness (QED) is 0.667. The largest absolute Gasteiger partial charge is 0.491 e. The molecule has 1 aromatic carbocycles. The molecule has 0 unspecified atom stereocenters. The number of amides is 1. The van der Waals surface area contributed by atoms with Gasteiger partial charge >= 0.3 is 0 Å². The number of aryl methyl sites for hydroxylation is 1. The first-order valence-electron chi connectivity index (χ1n) is 8.88. The van der Waals surface area contributed by atoms with Gasteiger partial charge in [0.1, 0.15) is 11.5 Å². The van der Waals surface area contributed by atoms with Crippen LogP contribution < -0.4 is 4.74 Å². The summed E-state index contributed by atoms with van der Waals surface area (Å²) in [7, 11) is -3.17. The average Bonchev–Trinajstić information content (AvgIpc) is 3.20. The first-order chi connectivity index (χ1) is 13.2. The zero-order valence-corrected chi connectivity index (χ0v) is 17.9. The van der Waals surface area contributed by atoms with Gasteiger partial charge in [-0.15, -0.1) is 0 Å². The van der Waals surface area contributed by atoms with Gasteiger partial charge in [0, 0.05) is 11.6 Å². The van der Waals surface area contributed by atoms with Crippen molar-refractivity contribution in [3.05, 3.63) is 51.4 Å². The standard InChI is InChI=1S/C19H21Cl2NO5S/c1-3-26-18-16(20)8-13(9-17(18)21)19(23)22(10-15-5-4-12(2)27-15)14-6-7-28(24,25)11-14/h4-5,8-9,14H,3,6-7,10-11H2,1-2H3/t14-/m1/s1. The van der Waals surface area contributed by atoms with E-state index in [4.69, 9.17) is 32.4 Å². The van der Waals surface area contributed by atoms with Crippen LogP contribution in [0.5, 0.6) is 5.75 Å². The number of carbonyl (C=O) groups excluding carboxylic acids is 1. The van der Waals surface area contributed by atoms with Crippen molar-refractivity contribution < 1.29 is 22.4 Å². The van der Waals surface area contributed by atoms with E-state index in [1.165, 1.54) is 17.0 Å². The van der Waals surface area contributed by atoms with Gasteiger partial charge in [-0.1, -0.05) is 23.2 Å². The van der Waals surface area contributed by atoms with Gasteiger partial charge in [0.2, 0.25) is 0 Å². The highest BCUT2D eigenvalue weighted by Crippen LogP contribution is 2.35. The third-order valence-electron chi connectivity index (χ3n) is 4.57. The minimum absolute atomic E-state index is 0.0589. The molecule has 1 atom stereocenters. The second kappa shape index (κ2) is 8.35. The lowest BCUT2D eigenvalue weighted by molar-refractivity contribution is 0.0665. The van der Waals surface area contributed by atoms with Crippen molar-refractivity contribution >= 4 is 38.9 Å². The van der Waals surface area contributed by atoms with Crippen LogP contribution in [-0.4, -0.2) is 43.4 Å². The van der Waals surface area contributed by atoms with Crippen LogP contribution in [0.1, 0.15) is 35.2 Å². The van der Waals surface area contributed by atoms with Crippen molar-refractivity contribution in [1.82, 2.24) is 4.90 Å². The maximum Gasteiger partial charge on any atom is 0.254 e. The molecule has 1 aromatic heterocycles. The number of carbonyl (C=O) groups is 1. The molecule has 28 heavy (non-hydrogen) atoms. The number of sulfone groups is 1. The Balaban J connectivity index is 1.94. The Morgan fingerprint density at radius 3 is 2.46 bits per heavy atom. The van der Waals surface area contributed by atoms with Gasteiger partial charge in [0.05, 0.1) is 34.7 Å². The number of rotatable bonds is 6. The molecule has 2 aromatic rings. The monoisotopic (exact) mass is 445 g/mol. The highest BCUT2D eigenvalue weighted by atomic mass is 35.5. The predicted octanol–water partition coefficient (Wildman–Crippen LogP) is 4.12. The molecule has 1 aliphatic rings. The van der Waals surface area contributed by atoms with Gasteiger partial charge in [-0.2, -0.15) is 0 Å². The Hall–Kier alpha value is -1.70. The fourth-order valence-electron chi connectivity index (χ4n) is 3.26. The molecule has 0 bridgehead atoms. The summed E-state index contributed by atoms with van der Waals surface area (Å²) in [6.07, 6.45) is 0.381. The topological polar surface area (TPSA) is 76.8 Å². The first-order valence-corrected chi connectivity index (χ1v) is 11.5. The molecule has 0 aliphatic carbocycles. The van der Waals surface area contributed by atoms with Crippen molar-refractivity contribution in [1.29, 1.82) is 0 Å². The number of furan rings is 1. The van der Waals surface area contributed by atoms with E-state index in [2.05, 4.69) is 0 Å². The van der Waals surface area contributed by atoms with Gasteiger partial charge in [-0.3, -0.25) is 4.79 Å². The normalized spacial score (nSPS) is 18.2. The van der Waals surface area contributed by atoms with Gasteiger partial charge in [0.15, 0.2) is 15.6 Å². The Morgan fingerprint density at radius 1 is 1.29 bits per heavy atom. The lowest BCUT2D eigenvalue weighted by atomic mass is 10.1. The zero-order valence-electron chi connectivity index (χ0n) is 15.6. The minimum Gasteiger partial charge on any atom is -0.491 e. The summed E-state index contributed by atoms with van der Waals surface area (Å²) in [5.41, 5.74) is 0.269. The molecule has 0 N–H and O–H groups in total. The Kier molecular flexibility index (Phi) is 6.27. The maximum absolute atomic E-state index is 13.3. The van der Waals surface area contributed by atoms with Gasteiger partial charge in [-0.25, -0.2) is 8.42 Å². The summed E-state index contributed by atoms with van der Waals surface area (Å²) >= 11 is 12.5. The number of halogens is 2. The molecular weight excluding hydrogens is 425 g/mol. The summed E-state index contributed by atoms with van der Waals surface area (Å²) in [4.78, 5) is 14.8. The molecule has 2 heterocycles. The van der Waals surface area contributed by atoms with Crippen molar-refractivity contribution in [3.8, 4) is 5.75 Å². The van der Waals surface area contributed by atoms with E-state index in [-0.39, 0.29) is 39.6 Å². The van der Waals surface area contributed by atoms with E-state index >= 15 is 0 Å². The Morgan fingerprint density at radius 2 is 1.96 bits per heavy atom. The van der Waals surface area contributed by atoms with Crippen LogP contribution in [0.15, 0.2) is 28.7 Å². The SMILES string of the molecule is CCOc1c(Cl)cc(C(=O)N(Cc2ccc(C)o2)[C@@H]2CCS(=O)(=O)C2)cc1Cl. The number of hydrogen-bond acceptors (Lipinski definition) is 5. The number of nitrogens with zero attached hydrogens (tertiary/aromatic N) is 1. The fourth-order valence-corrected chi connectivity index (χ4v) is 5.58. The molecule has 152 valence electrons. The summed E-state index contributed by atoms with van der Waals surface area (Å²) in [5.74, 6) is 1.24. The van der Waals surface area contributed by atoms with Gasteiger partial charge in [-0.05, 0) is 44.5 Å². The van der Waals surface area contributed by atoms with E-state index < -0.39 is 15.9 Å². The van der Waals surface area contributed by atoms with Crippen molar-refractivity contribution in [3.63, 3.8) is 0 Å². The van der Waals surface area contributed by atoms with Crippen molar-refractivity contribution in [2.45, 2.75) is 32.9 Å². The van der Waals surface area contributed by atoms with Crippen molar-refractivity contribution in [2.24, 2.45) is 0 Å². The van der Waals surface area contributed by atoms with Gasteiger partial charge in [0.25, 0.3) is 5.91 Å². The highest BCUT2D eigenvalue weighted by molar-refractivity contribution is 7.91. The fraction of sp³-hybridized carbons (Fsp3) is 0.421. The zero-order chi connectivity index (χ0) is 20.5. The molecule has 1 saturated heterocycles. The second-order valence-corrected chi connectivity index (χ2v) is 9.75. The number of hydrogen-bond donors (Lipinski definition) is 0. The summed E-state index contributed by atoms with van der Waals surface area (Å²) in [6.45, 7) is 4.16. The van der Waals surface area contributed by atoms with Crippen LogP contribution in [0.2, 0.25) is 10.0 Å². The third-order valence-corrected chi connectivity index (χ3v) is 6.88. The lowest BCUT2D eigenvalue weighted by Crippen LogP contribution is -2.40. The Bertz CT molecular complexity index is 963. The lowest BCUT2D eigenvalue weighted by Gasteiger charge is -2.28. The number of benzene rings is 1. The van der Waals surface area contributed by atoms with E-state index in [9.17, 15) is 13.2 Å². The van der Waals surface area contributed by atoms with E-state index in [1.807, 2.05) is 6.92 Å². The molecule has 0 spiro atoms. The van der Waals surface area contributed by atoms with Crippen LogP contribution in [0, 0.1) is 6.92 Å². The van der Waals surface area contributed by atoms with Crippen LogP contribution >= 0.6 is 23.2 Å². The maximum atomic E-state index is 13.3. The van der Waals surface area contributed by atoms with Crippen LogP contribution in [0.3, 0.4) is 0 Å². The first kappa shape index (κ1) is 21.0. The molecule has 1 amide bonds. The van der Waals surface area contributed by atoms with Crippen LogP contribution in [0.25, 0.3) is 0 Å². The van der Waals surface area contributed by atoms with Gasteiger partial charge < -0.3 is 14.1 Å². The summed E-state index contributed by atoms with van der Waals surface area (Å²) in [6, 6.07) is 6.12. The highest BCUT2D eigenvalue weighted by Gasteiger charge is 2.36. The molecule has 1 aliphatic heterocycles. The van der Waals surface area contributed by atoms with E-state index in [1.54, 1.807) is 19.1 Å². The second-order valence-electron chi connectivity index (χ2n) is 6.70. The van der Waals surface area contributed by atoms with Crippen LogP contribution in [0.4, 0.5) is 0 Å². The summed E-state index contributed by atoms with van der Waals surface area (Å²) in [5, 5.41) is 0.455. The third kappa shape index (κ3) is 4.64. The number of ether oxygens (including phenoxy) is 1. The molecule has 3 rings (SSSR count). The predicted molar refractivity (Wildman–Crippen MR) is 108 cm³/mol. The molecule has 1 fully saturated rings. The average molecular weight is 446 g/mol. The van der Waals surface area contributed by atoms with Crippen molar-refractivity contribution in [2.75, 3.05) is 18.1 Å². The molecule has 0 radical (unpaired) electrons.